The quantitative estimate of drug-likeness (QED) is 0.629. The summed E-state index contributed by atoms with van der Waals surface area (Å²) in [5.74, 6) is 0.0944. The van der Waals surface area contributed by atoms with Crippen molar-refractivity contribution < 1.29 is 27.0 Å². The lowest BCUT2D eigenvalue weighted by Gasteiger charge is -2.35. The molecule has 0 aliphatic carbocycles. The molecule has 3 rings (SSSR count). The summed E-state index contributed by atoms with van der Waals surface area (Å²) in [4.78, 5) is 23.4. The van der Waals surface area contributed by atoms with Crippen molar-refractivity contribution in [3.05, 3.63) is 41.7 Å². The fraction of sp³-hybridized carbons (Fsp3) is 0.476. The van der Waals surface area contributed by atoms with Gasteiger partial charge in [-0.15, -0.1) is 0 Å². The molecule has 0 aromatic carbocycles. The molecule has 1 aliphatic heterocycles. The zero-order valence-corrected chi connectivity index (χ0v) is 17.4. The summed E-state index contributed by atoms with van der Waals surface area (Å²) in [6.07, 6.45) is -2.15. The van der Waals surface area contributed by atoms with Crippen molar-refractivity contribution in [3.8, 4) is 5.75 Å². The number of halogens is 3. The minimum atomic E-state index is -4.55. The first kappa shape index (κ1) is 22.8. The fourth-order valence-electron chi connectivity index (χ4n) is 3.55. The smallest absolute Gasteiger partial charge is 0.422 e. The molecule has 0 saturated carbocycles. The lowest BCUT2D eigenvalue weighted by atomic mass is 10.0. The molecule has 2 aromatic heterocycles. The molecule has 1 aliphatic rings. The molecule has 0 spiro atoms. The van der Waals surface area contributed by atoms with Gasteiger partial charge in [0.2, 0.25) is 5.78 Å². The Labute approximate surface area is 183 Å². The summed E-state index contributed by atoms with van der Waals surface area (Å²) in [6, 6.07) is 6.16. The van der Waals surface area contributed by atoms with Crippen LogP contribution < -0.4 is 20.7 Å². The molecule has 3 N–H and O–H groups in total. The number of rotatable bonds is 7. The number of hydrogen-bond acceptors (Lipinski definition) is 7. The number of ketones is 1. The van der Waals surface area contributed by atoms with Gasteiger partial charge in [0, 0.05) is 36.2 Å². The normalized spacial score (nSPS) is 17.1. The van der Waals surface area contributed by atoms with E-state index in [0.717, 1.165) is 13.0 Å². The van der Waals surface area contributed by atoms with Crippen LogP contribution >= 0.6 is 0 Å². The van der Waals surface area contributed by atoms with Crippen molar-refractivity contribution in [1.29, 1.82) is 0 Å². The van der Waals surface area contributed by atoms with Gasteiger partial charge in [0.1, 0.15) is 17.4 Å². The maximum atomic E-state index is 13.1. The van der Waals surface area contributed by atoms with Crippen molar-refractivity contribution >= 4 is 17.4 Å². The van der Waals surface area contributed by atoms with Crippen LogP contribution in [0.25, 0.3) is 0 Å². The monoisotopic (exact) mass is 443 g/mol. The fourth-order valence-corrected chi connectivity index (χ4v) is 3.55. The lowest BCUT2D eigenvalue weighted by Crippen LogP contribution is -2.51. The number of nitrogens with two attached hydrogens (primary N) is 1. The predicted molar refractivity (Wildman–Crippen MR) is 118 cm³/mol. The number of carbonyl (C=O) groups excluding carboxylic acids is 1. The largest absolute Gasteiger partial charge is 0.482 e. The number of hydrogen-bond donors (Lipinski definition) is 2. The number of pyridine rings is 2. The molecule has 0 unspecified atom stereocenters. The summed E-state index contributed by atoms with van der Waals surface area (Å²) < 4.78 is 43.0. The van der Waals surface area contributed by atoms with Crippen LogP contribution in [0.2, 0.25) is 0 Å². The van der Waals surface area contributed by atoms with Crippen LogP contribution in [0.3, 0.4) is 0 Å². The third-order valence-corrected chi connectivity index (χ3v) is 4.87. The number of nitrogens with one attached hydrogen (secondary N) is 1. The Balaban J connectivity index is 0.00000363. The molecular formula is C21H32F3N5O2. The van der Waals surface area contributed by atoms with Gasteiger partial charge in [0.05, 0.1) is 5.56 Å². The minimum Gasteiger partial charge on any atom is -0.482 e. The van der Waals surface area contributed by atoms with E-state index in [-0.39, 0.29) is 33.1 Å². The molecule has 1 fully saturated rings. The minimum absolute atomic E-state index is 0. The van der Waals surface area contributed by atoms with Crippen LogP contribution in [0.1, 0.15) is 40.6 Å². The average Bonchev–Trinajstić information content (AvgIpc) is 2.71. The molecule has 2 aromatic rings. The van der Waals surface area contributed by atoms with Gasteiger partial charge in [-0.25, -0.2) is 9.97 Å². The molecule has 174 valence electrons. The summed E-state index contributed by atoms with van der Waals surface area (Å²) in [5, 5.41) is 3.46. The van der Waals surface area contributed by atoms with Gasteiger partial charge in [-0.3, -0.25) is 4.79 Å². The van der Waals surface area contributed by atoms with Crippen molar-refractivity contribution in [1.82, 2.24) is 15.3 Å². The van der Waals surface area contributed by atoms with Crippen molar-refractivity contribution in [2.24, 2.45) is 5.92 Å². The highest BCUT2D eigenvalue weighted by atomic mass is 19.4. The number of aromatic nitrogens is 2. The first-order valence-corrected chi connectivity index (χ1v) is 10.1. The van der Waals surface area contributed by atoms with Gasteiger partial charge in [0.25, 0.3) is 0 Å². The topological polar surface area (TPSA) is 93.4 Å². The number of piperazine rings is 1. The van der Waals surface area contributed by atoms with Gasteiger partial charge in [-0.05, 0) is 36.6 Å². The van der Waals surface area contributed by atoms with Crippen molar-refractivity contribution in [2.45, 2.75) is 32.5 Å². The predicted octanol–water partition coefficient (Wildman–Crippen LogP) is 3.79. The Bertz CT molecular complexity index is 935. The first-order chi connectivity index (χ1) is 14.6. The average molecular weight is 444 g/mol. The Morgan fingerprint density at radius 3 is 2.84 bits per heavy atom. The second-order valence-electron chi connectivity index (χ2n) is 7.91. The van der Waals surface area contributed by atoms with Gasteiger partial charge in [0.15, 0.2) is 12.3 Å². The molecule has 3 heterocycles. The molecule has 10 heteroatoms. The molecule has 1 saturated heterocycles. The Hall–Kier alpha value is -2.88. The van der Waals surface area contributed by atoms with Crippen LogP contribution in [-0.4, -0.2) is 54.2 Å². The van der Waals surface area contributed by atoms with Crippen LogP contribution in [0.5, 0.6) is 5.75 Å². The van der Waals surface area contributed by atoms with E-state index >= 15 is 0 Å². The van der Waals surface area contributed by atoms with E-state index in [4.69, 9.17) is 10.5 Å². The number of alkyl halides is 3. The maximum Gasteiger partial charge on any atom is 0.422 e. The standard InChI is InChI=1S/C21H26F3N5O2.3H2/c1-13(2)10-14-11-29(9-8-26-14)17-6-5-16(31-12-21(22,23)24)18(28-17)19(30)15-4-3-7-27-20(15)25;;;/h3-7,13-14,26H,8-12H2,1-2H3,(H2,25,27);3*1H/t14-;;;/m0.../s1. The number of nitrogens with zero attached hydrogens (tertiary/aromatic N) is 3. The van der Waals surface area contributed by atoms with Crippen LogP contribution in [-0.2, 0) is 0 Å². The van der Waals surface area contributed by atoms with Gasteiger partial charge < -0.3 is 20.7 Å². The third-order valence-electron chi connectivity index (χ3n) is 4.87. The highest BCUT2D eigenvalue weighted by Gasteiger charge is 2.30. The second kappa shape index (κ2) is 9.51. The lowest BCUT2D eigenvalue weighted by molar-refractivity contribution is -0.153. The number of ether oxygens (including phenoxy) is 1. The molecule has 0 bridgehead atoms. The van der Waals surface area contributed by atoms with E-state index in [9.17, 15) is 18.0 Å². The van der Waals surface area contributed by atoms with Crippen molar-refractivity contribution in [2.75, 3.05) is 36.9 Å². The van der Waals surface area contributed by atoms with E-state index in [2.05, 4.69) is 29.1 Å². The summed E-state index contributed by atoms with van der Waals surface area (Å²) in [5.41, 5.74) is 5.63. The van der Waals surface area contributed by atoms with Gasteiger partial charge in [-0.2, -0.15) is 13.2 Å². The molecule has 7 nitrogen and oxygen atoms in total. The van der Waals surface area contributed by atoms with Crippen molar-refractivity contribution in [3.63, 3.8) is 0 Å². The summed E-state index contributed by atoms with van der Waals surface area (Å²) in [7, 11) is 0. The van der Waals surface area contributed by atoms with E-state index in [1.54, 1.807) is 6.07 Å². The Morgan fingerprint density at radius 1 is 1.39 bits per heavy atom. The van der Waals surface area contributed by atoms with E-state index in [0.29, 0.717) is 24.8 Å². The number of nitrogen functional groups attached to an aromatic ring is 1. The highest BCUT2D eigenvalue weighted by Crippen LogP contribution is 2.28. The van der Waals surface area contributed by atoms with Crippen LogP contribution in [0.4, 0.5) is 24.8 Å². The van der Waals surface area contributed by atoms with E-state index < -0.39 is 18.6 Å². The van der Waals surface area contributed by atoms with Crippen LogP contribution in [0.15, 0.2) is 30.5 Å². The first-order valence-electron chi connectivity index (χ1n) is 10.1. The van der Waals surface area contributed by atoms with E-state index in [1.807, 2.05) is 4.90 Å². The number of anilines is 2. The molecule has 1 atom stereocenters. The zero-order valence-electron chi connectivity index (χ0n) is 17.4. The van der Waals surface area contributed by atoms with Crippen LogP contribution in [0, 0.1) is 5.92 Å². The van der Waals surface area contributed by atoms with Gasteiger partial charge in [-0.1, -0.05) is 13.8 Å². The SMILES string of the molecule is CC(C)C[C@H]1CN(c2ccc(OCC(F)(F)F)c(C(=O)c3cccnc3N)n2)CCN1.[HH].[HH].[HH]. The molecule has 0 amide bonds. The van der Waals surface area contributed by atoms with Gasteiger partial charge >= 0.3 is 6.18 Å². The highest BCUT2D eigenvalue weighted by molar-refractivity contribution is 6.12. The Kier molecular flexibility index (Phi) is 6.99. The van der Waals surface area contributed by atoms with E-state index in [1.165, 1.54) is 24.4 Å². The summed E-state index contributed by atoms with van der Waals surface area (Å²) in [6.45, 7) is 4.83. The Morgan fingerprint density at radius 2 is 2.16 bits per heavy atom. The number of carbonyl (C=O) groups is 1. The molecule has 31 heavy (non-hydrogen) atoms. The molecule has 0 radical (unpaired) electrons. The second-order valence-corrected chi connectivity index (χ2v) is 7.91. The summed E-state index contributed by atoms with van der Waals surface area (Å²) >= 11 is 0. The molecular weight excluding hydrogens is 411 g/mol. The maximum absolute atomic E-state index is 13.1. The third kappa shape index (κ3) is 6.06. The zero-order chi connectivity index (χ0) is 22.6.